The highest BCUT2D eigenvalue weighted by Gasteiger charge is 2.29. The molecule has 0 bridgehead atoms. The number of hydrogen-bond donors (Lipinski definition) is 2. The van der Waals surface area contributed by atoms with Crippen molar-refractivity contribution in [2.45, 2.75) is 44.9 Å². The Bertz CT molecular complexity index is 764. The van der Waals surface area contributed by atoms with E-state index in [1.165, 1.54) is 11.3 Å². The first kappa shape index (κ1) is 17.2. The first-order valence-corrected chi connectivity index (χ1v) is 9.53. The van der Waals surface area contributed by atoms with Crippen LogP contribution in [0.1, 0.15) is 40.2 Å². The van der Waals surface area contributed by atoms with Crippen LogP contribution in [-0.2, 0) is 25.9 Å². The third-order valence-electron chi connectivity index (χ3n) is 5.42. The number of amides is 1. The molecule has 4 rings (SSSR count). The van der Waals surface area contributed by atoms with Gasteiger partial charge in [-0.25, -0.2) is 0 Å². The molecule has 0 radical (unpaired) electrons. The fourth-order valence-corrected chi connectivity index (χ4v) is 3.87. The standard InChI is InChI=1S/C20H26N4O2/c25-16-8-11-23(12-9-16)20(26)19-17-14-21-10-6-18(17)24(22-19)13-7-15-4-2-1-3-5-15/h1-5,16,21,25H,6-14H2. The van der Waals surface area contributed by atoms with Crippen molar-refractivity contribution in [2.75, 3.05) is 19.6 Å². The van der Waals surface area contributed by atoms with Crippen LogP contribution in [-0.4, -0.2) is 51.4 Å². The molecule has 0 aliphatic carbocycles. The molecule has 2 aliphatic heterocycles. The summed E-state index contributed by atoms with van der Waals surface area (Å²) >= 11 is 0. The molecular formula is C20H26N4O2. The Labute approximate surface area is 153 Å². The molecule has 138 valence electrons. The van der Waals surface area contributed by atoms with Gasteiger partial charge in [0.15, 0.2) is 5.69 Å². The highest BCUT2D eigenvalue weighted by molar-refractivity contribution is 5.94. The number of aryl methyl sites for hydroxylation is 2. The maximum absolute atomic E-state index is 13.0. The number of nitrogens with zero attached hydrogens (tertiary/aromatic N) is 3. The summed E-state index contributed by atoms with van der Waals surface area (Å²) in [4.78, 5) is 14.8. The maximum atomic E-state index is 13.0. The SMILES string of the molecule is O=C(c1nn(CCc2ccccc2)c2c1CNCC2)N1CCC(O)CC1. The molecule has 1 saturated heterocycles. The minimum Gasteiger partial charge on any atom is -0.393 e. The molecule has 3 heterocycles. The summed E-state index contributed by atoms with van der Waals surface area (Å²) in [5.74, 6) is 0.00955. The van der Waals surface area contributed by atoms with Gasteiger partial charge in [0.25, 0.3) is 5.91 Å². The Balaban J connectivity index is 1.55. The third kappa shape index (κ3) is 3.52. The van der Waals surface area contributed by atoms with Crippen LogP contribution >= 0.6 is 0 Å². The molecule has 2 aliphatic rings. The van der Waals surface area contributed by atoms with Crippen molar-refractivity contribution < 1.29 is 9.90 Å². The number of aliphatic hydroxyl groups is 1. The molecule has 0 spiro atoms. The predicted molar refractivity (Wildman–Crippen MR) is 98.9 cm³/mol. The van der Waals surface area contributed by atoms with Gasteiger partial charge in [-0.1, -0.05) is 30.3 Å². The van der Waals surface area contributed by atoms with Crippen LogP contribution in [0.5, 0.6) is 0 Å². The number of aromatic nitrogens is 2. The normalized spacial score (nSPS) is 18.0. The van der Waals surface area contributed by atoms with E-state index >= 15 is 0 Å². The monoisotopic (exact) mass is 354 g/mol. The maximum Gasteiger partial charge on any atom is 0.274 e. The van der Waals surface area contributed by atoms with Crippen LogP contribution < -0.4 is 5.32 Å². The van der Waals surface area contributed by atoms with Gasteiger partial charge >= 0.3 is 0 Å². The van der Waals surface area contributed by atoms with E-state index in [4.69, 9.17) is 5.10 Å². The molecule has 2 aromatic rings. The molecule has 26 heavy (non-hydrogen) atoms. The quantitative estimate of drug-likeness (QED) is 0.870. The Hall–Kier alpha value is -2.18. The number of carbonyl (C=O) groups excluding carboxylic acids is 1. The minimum absolute atomic E-state index is 0.00955. The summed E-state index contributed by atoms with van der Waals surface area (Å²) in [5.41, 5.74) is 4.13. The second-order valence-corrected chi connectivity index (χ2v) is 7.18. The van der Waals surface area contributed by atoms with Crippen LogP contribution in [0.3, 0.4) is 0 Å². The van der Waals surface area contributed by atoms with E-state index in [2.05, 4.69) is 29.6 Å². The summed E-state index contributed by atoms with van der Waals surface area (Å²) < 4.78 is 2.04. The van der Waals surface area contributed by atoms with E-state index in [-0.39, 0.29) is 12.0 Å². The van der Waals surface area contributed by atoms with Gasteiger partial charge in [-0.05, 0) is 24.8 Å². The molecule has 1 fully saturated rings. The molecule has 2 N–H and O–H groups in total. The lowest BCUT2D eigenvalue weighted by molar-refractivity contribution is 0.0539. The summed E-state index contributed by atoms with van der Waals surface area (Å²) in [6, 6.07) is 10.4. The first-order valence-electron chi connectivity index (χ1n) is 9.53. The lowest BCUT2D eigenvalue weighted by atomic mass is 10.0. The van der Waals surface area contributed by atoms with Crippen molar-refractivity contribution in [3.63, 3.8) is 0 Å². The number of rotatable bonds is 4. The van der Waals surface area contributed by atoms with Gasteiger partial charge in [0.1, 0.15) is 0 Å². The molecule has 6 heteroatoms. The first-order chi connectivity index (χ1) is 12.7. The molecular weight excluding hydrogens is 328 g/mol. The van der Waals surface area contributed by atoms with Crippen molar-refractivity contribution >= 4 is 5.91 Å². The van der Waals surface area contributed by atoms with Crippen LogP contribution in [0.15, 0.2) is 30.3 Å². The van der Waals surface area contributed by atoms with E-state index in [9.17, 15) is 9.90 Å². The summed E-state index contributed by atoms with van der Waals surface area (Å²) in [6.45, 7) is 3.64. The Morgan fingerprint density at radius 3 is 2.77 bits per heavy atom. The molecule has 1 aromatic heterocycles. The van der Waals surface area contributed by atoms with Gasteiger partial charge in [0.05, 0.1) is 6.10 Å². The molecule has 1 amide bonds. The zero-order chi connectivity index (χ0) is 17.9. The third-order valence-corrected chi connectivity index (χ3v) is 5.42. The van der Waals surface area contributed by atoms with Crippen LogP contribution in [0.25, 0.3) is 0 Å². The van der Waals surface area contributed by atoms with Crippen LogP contribution in [0.2, 0.25) is 0 Å². The average Bonchev–Trinajstić information content (AvgIpc) is 3.06. The van der Waals surface area contributed by atoms with E-state index in [1.807, 2.05) is 15.6 Å². The van der Waals surface area contributed by atoms with Crippen molar-refractivity contribution in [2.24, 2.45) is 0 Å². The van der Waals surface area contributed by atoms with Crippen molar-refractivity contribution in [1.29, 1.82) is 0 Å². The number of aliphatic hydroxyl groups excluding tert-OH is 1. The molecule has 0 saturated carbocycles. The van der Waals surface area contributed by atoms with Gasteiger partial charge in [-0.15, -0.1) is 0 Å². The van der Waals surface area contributed by atoms with Gasteiger partial charge in [-0.2, -0.15) is 5.10 Å². The number of benzene rings is 1. The van der Waals surface area contributed by atoms with Gasteiger partial charge < -0.3 is 15.3 Å². The zero-order valence-corrected chi connectivity index (χ0v) is 15.0. The fourth-order valence-electron chi connectivity index (χ4n) is 3.87. The van der Waals surface area contributed by atoms with Crippen molar-refractivity contribution in [3.8, 4) is 0 Å². The zero-order valence-electron chi connectivity index (χ0n) is 15.0. The van der Waals surface area contributed by atoms with E-state index in [0.717, 1.165) is 31.5 Å². The number of fused-ring (bicyclic) bond motifs is 1. The lowest BCUT2D eigenvalue weighted by Crippen LogP contribution is -2.40. The topological polar surface area (TPSA) is 70.4 Å². The smallest absolute Gasteiger partial charge is 0.274 e. The average molecular weight is 354 g/mol. The molecule has 0 atom stereocenters. The van der Waals surface area contributed by atoms with Gasteiger partial charge in [0, 0.05) is 50.4 Å². The molecule has 6 nitrogen and oxygen atoms in total. The number of piperidine rings is 1. The predicted octanol–water partition coefficient (Wildman–Crippen LogP) is 1.37. The molecule has 0 unspecified atom stereocenters. The Morgan fingerprint density at radius 1 is 1.23 bits per heavy atom. The summed E-state index contributed by atoms with van der Waals surface area (Å²) in [6.07, 6.45) is 2.84. The van der Waals surface area contributed by atoms with Gasteiger partial charge in [-0.3, -0.25) is 9.48 Å². The number of nitrogens with one attached hydrogen (secondary N) is 1. The van der Waals surface area contributed by atoms with Gasteiger partial charge in [0.2, 0.25) is 0 Å². The Kier molecular flexibility index (Phi) is 5.04. The summed E-state index contributed by atoms with van der Waals surface area (Å²) in [5, 5.41) is 17.8. The highest BCUT2D eigenvalue weighted by Crippen LogP contribution is 2.22. The summed E-state index contributed by atoms with van der Waals surface area (Å²) in [7, 11) is 0. The number of carbonyl (C=O) groups is 1. The minimum atomic E-state index is -0.280. The van der Waals surface area contributed by atoms with Crippen LogP contribution in [0, 0.1) is 0 Å². The fraction of sp³-hybridized carbons (Fsp3) is 0.500. The largest absolute Gasteiger partial charge is 0.393 e. The van der Waals surface area contributed by atoms with Crippen molar-refractivity contribution in [1.82, 2.24) is 20.0 Å². The van der Waals surface area contributed by atoms with Crippen molar-refractivity contribution in [3.05, 3.63) is 52.8 Å². The second kappa shape index (κ2) is 7.60. The highest BCUT2D eigenvalue weighted by atomic mass is 16.3. The molecule has 1 aromatic carbocycles. The number of likely N-dealkylation sites (tertiary alicyclic amines) is 1. The number of hydrogen-bond acceptors (Lipinski definition) is 4. The lowest BCUT2D eigenvalue weighted by Gasteiger charge is -2.29. The van der Waals surface area contributed by atoms with Crippen LogP contribution in [0.4, 0.5) is 0 Å². The second-order valence-electron chi connectivity index (χ2n) is 7.18. The Morgan fingerprint density at radius 2 is 2.00 bits per heavy atom. The van der Waals surface area contributed by atoms with E-state index in [0.29, 0.717) is 38.2 Å². The van der Waals surface area contributed by atoms with E-state index in [1.54, 1.807) is 0 Å². The van der Waals surface area contributed by atoms with E-state index < -0.39 is 0 Å².